The molecule has 0 spiro atoms. The predicted octanol–water partition coefficient (Wildman–Crippen LogP) is 3.38. The molecule has 0 saturated carbocycles. The largest absolute Gasteiger partial charge is 0.314 e. The summed E-state index contributed by atoms with van der Waals surface area (Å²) in [6, 6.07) is 10.0. The van der Waals surface area contributed by atoms with Crippen molar-refractivity contribution in [1.29, 1.82) is 0 Å². The number of hydrogen-bond donors (Lipinski definition) is 1. The van der Waals surface area contributed by atoms with E-state index in [1.165, 1.54) is 50.0 Å². The van der Waals surface area contributed by atoms with Crippen molar-refractivity contribution < 1.29 is 0 Å². The van der Waals surface area contributed by atoms with E-state index in [1.54, 1.807) is 0 Å². The smallest absolute Gasteiger partial charge is 0.0233 e. The molecule has 2 heteroatoms. The van der Waals surface area contributed by atoms with E-state index >= 15 is 0 Å². The Morgan fingerprint density at radius 3 is 2.75 bits per heavy atom. The Labute approximate surface area is 123 Å². The molecule has 2 saturated heterocycles. The fraction of sp³-hybridized carbons (Fsp3) is 0.667. The second-order valence-corrected chi connectivity index (χ2v) is 6.88. The minimum Gasteiger partial charge on any atom is -0.314 e. The van der Waals surface area contributed by atoms with Crippen LogP contribution in [0.1, 0.15) is 50.2 Å². The molecular weight excluding hydrogens is 244 g/mol. The van der Waals surface area contributed by atoms with Crippen LogP contribution in [-0.2, 0) is 6.54 Å². The molecule has 2 aliphatic heterocycles. The fourth-order valence-corrected chi connectivity index (χ4v) is 3.73. The molecule has 0 bridgehead atoms. The number of hydrogen-bond acceptors (Lipinski definition) is 2. The molecule has 0 aromatic heterocycles. The molecule has 3 rings (SSSR count). The van der Waals surface area contributed by atoms with Crippen LogP contribution in [-0.4, -0.2) is 30.6 Å². The molecule has 1 N–H and O–H groups in total. The summed E-state index contributed by atoms with van der Waals surface area (Å²) >= 11 is 0. The van der Waals surface area contributed by atoms with Gasteiger partial charge in [-0.3, -0.25) is 4.90 Å². The van der Waals surface area contributed by atoms with Crippen LogP contribution in [0.2, 0.25) is 0 Å². The number of benzene rings is 1. The van der Waals surface area contributed by atoms with Gasteiger partial charge in [-0.2, -0.15) is 0 Å². The van der Waals surface area contributed by atoms with Crippen LogP contribution >= 0.6 is 0 Å². The van der Waals surface area contributed by atoms with Crippen LogP contribution in [0.5, 0.6) is 0 Å². The first kappa shape index (κ1) is 14.1. The van der Waals surface area contributed by atoms with Gasteiger partial charge in [0.05, 0.1) is 0 Å². The van der Waals surface area contributed by atoms with Crippen molar-refractivity contribution >= 4 is 0 Å². The highest BCUT2D eigenvalue weighted by atomic mass is 15.2. The molecule has 2 atom stereocenters. The normalized spacial score (nSPS) is 27.6. The fourth-order valence-electron chi connectivity index (χ4n) is 3.73. The zero-order valence-electron chi connectivity index (χ0n) is 12.9. The maximum Gasteiger partial charge on any atom is 0.0233 e. The van der Waals surface area contributed by atoms with Gasteiger partial charge < -0.3 is 5.32 Å². The van der Waals surface area contributed by atoms with Crippen molar-refractivity contribution in [3.63, 3.8) is 0 Å². The highest BCUT2D eigenvalue weighted by molar-refractivity contribution is 5.24. The predicted molar refractivity (Wildman–Crippen MR) is 84.9 cm³/mol. The van der Waals surface area contributed by atoms with Crippen molar-refractivity contribution in [2.24, 2.45) is 5.92 Å². The van der Waals surface area contributed by atoms with E-state index < -0.39 is 0 Å². The van der Waals surface area contributed by atoms with E-state index in [0.717, 1.165) is 18.5 Å². The van der Waals surface area contributed by atoms with Crippen molar-refractivity contribution in [3.8, 4) is 0 Å². The van der Waals surface area contributed by atoms with Crippen LogP contribution in [0.15, 0.2) is 24.3 Å². The molecule has 2 nitrogen and oxygen atoms in total. The number of nitrogens with one attached hydrogen (secondary N) is 1. The van der Waals surface area contributed by atoms with Crippen molar-refractivity contribution in [2.45, 2.75) is 51.6 Å². The summed E-state index contributed by atoms with van der Waals surface area (Å²) in [5.74, 6) is 1.51. The number of nitrogens with zero attached hydrogens (tertiary/aromatic N) is 1. The van der Waals surface area contributed by atoms with Crippen LogP contribution in [0.25, 0.3) is 0 Å². The zero-order valence-corrected chi connectivity index (χ0v) is 12.9. The average molecular weight is 272 g/mol. The Hall–Kier alpha value is -0.860. The van der Waals surface area contributed by atoms with Crippen molar-refractivity contribution in [1.82, 2.24) is 10.2 Å². The summed E-state index contributed by atoms with van der Waals surface area (Å²) in [4.78, 5) is 2.65. The number of fused-ring (bicyclic) bond motifs is 1. The van der Waals surface area contributed by atoms with Crippen LogP contribution < -0.4 is 5.32 Å². The lowest BCUT2D eigenvalue weighted by atomic mass is 9.85. The van der Waals surface area contributed by atoms with Gasteiger partial charge in [0.25, 0.3) is 0 Å². The van der Waals surface area contributed by atoms with E-state index in [-0.39, 0.29) is 0 Å². The summed E-state index contributed by atoms with van der Waals surface area (Å²) in [6.45, 7) is 9.41. The quantitative estimate of drug-likeness (QED) is 0.907. The molecule has 0 radical (unpaired) electrons. The molecule has 1 aromatic rings. The number of rotatable bonds is 3. The zero-order chi connectivity index (χ0) is 13.9. The molecule has 2 aliphatic rings. The SMILES string of the molecule is CC(C)c1ccc(CN2CCC3NCCCC3C2)cc1. The maximum absolute atomic E-state index is 3.70. The van der Waals surface area contributed by atoms with Gasteiger partial charge in [-0.25, -0.2) is 0 Å². The molecule has 0 aliphatic carbocycles. The van der Waals surface area contributed by atoms with E-state index in [9.17, 15) is 0 Å². The Kier molecular flexibility index (Phi) is 4.42. The molecule has 20 heavy (non-hydrogen) atoms. The Bertz CT molecular complexity index is 424. The first-order valence-electron chi connectivity index (χ1n) is 8.27. The second kappa shape index (κ2) is 6.28. The minimum atomic E-state index is 0.633. The minimum absolute atomic E-state index is 0.633. The molecule has 0 amide bonds. The number of piperidine rings is 2. The summed E-state index contributed by atoms with van der Waals surface area (Å²) in [6.07, 6.45) is 4.10. The lowest BCUT2D eigenvalue weighted by molar-refractivity contribution is 0.109. The average Bonchev–Trinajstić information content (AvgIpc) is 2.48. The van der Waals surface area contributed by atoms with Gasteiger partial charge in [0, 0.05) is 19.1 Å². The van der Waals surface area contributed by atoms with Crippen molar-refractivity contribution in [2.75, 3.05) is 19.6 Å². The van der Waals surface area contributed by atoms with Crippen LogP contribution in [0, 0.1) is 5.92 Å². The van der Waals surface area contributed by atoms with Gasteiger partial charge in [0.1, 0.15) is 0 Å². The van der Waals surface area contributed by atoms with E-state index in [1.807, 2.05) is 0 Å². The highest BCUT2D eigenvalue weighted by Gasteiger charge is 2.30. The Morgan fingerprint density at radius 1 is 1.20 bits per heavy atom. The third-order valence-corrected chi connectivity index (χ3v) is 5.03. The second-order valence-electron chi connectivity index (χ2n) is 6.88. The summed E-state index contributed by atoms with van der Waals surface area (Å²) in [5.41, 5.74) is 2.92. The Morgan fingerprint density at radius 2 is 2.00 bits per heavy atom. The third-order valence-electron chi connectivity index (χ3n) is 5.03. The van der Waals surface area contributed by atoms with E-state index in [0.29, 0.717) is 5.92 Å². The lowest BCUT2D eigenvalue weighted by Crippen LogP contribution is -2.51. The monoisotopic (exact) mass is 272 g/mol. The van der Waals surface area contributed by atoms with Gasteiger partial charge >= 0.3 is 0 Å². The first-order valence-corrected chi connectivity index (χ1v) is 8.27. The van der Waals surface area contributed by atoms with Crippen LogP contribution in [0.3, 0.4) is 0 Å². The van der Waals surface area contributed by atoms with Gasteiger partial charge in [-0.1, -0.05) is 38.1 Å². The summed E-state index contributed by atoms with van der Waals surface area (Å²) in [5, 5.41) is 3.70. The van der Waals surface area contributed by atoms with E-state index in [2.05, 4.69) is 48.3 Å². The summed E-state index contributed by atoms with van der Waals surface area (Å²) in [7, 11) is 0. The molecule has 110 valence electrons. The third kappa shape index (κ3) is 3.24. The summed E-state index contributed by atoms with van der Waals surface area (Å²) < 4.78 is 0. The first-order chi connectivity index (χ1) is 9.72. The van der Waals surface area contributed by atoms with Gasteiger partial charge in [0.2, 0.25) is 0 Å². The molecule has 2 unspecified atom stereocenters. The Balaban J connectivity index is 1.57. The molecule has 2 heterocycles. The molecular formula is C18H28N2. The van der Waals surface area contributed by atoms with Gasteiger partial charge in [0.15, 0.2) is 0 Å². The standard InChI is InChI=1S/C18H28N2/c1-14(2)16-7-5-15(6-8-16)12-20-11-9-18-17(13-20)4-3-10-19-18/h5-8,14,17-19H,3-4,9-13H2,1-2H3. The topological polar surface area (TPSA) is 15.3 Å². The van der Waals surface area contributed by atoms with Gasteiger partial charge in [-0.05, 0) is 55.3 Å². The maximum atomic E-state index is 3.70. The highest BCUT2D eigenvalue weighted by Crippen LogP contribution is 2.26. The number of likely N-dealkylation sites (tertiary alicyclic amines) is 1. The molecule has 2 fully saturated rings. The lowest BCUT2D eigenvalue weighted by Gasteiger charge is -2.41. The molecule has 1 aromatic carbocycles. The van der Waals surface area contributed by atoms with Gasteiger partial charge in [-0.15, -0.1) is 0 Å². The van der Waals surface area contributed by atoms with Crippen LogP contribution in [0.4, 0.5) is 0 Å². The van der Waals surface area contributed by atoms with E-state index in [4.69, 9.17) is 0 Å². The van der Waals surface area contributed by atoms with Crippen molar-refractivity contribution in [3.05, 3.63) is 35.4 Å².